The van der Waals surface area contributed by atoms with E-state index < -0.39 is 11.6 Å². The summed E-state index contributed by atoms with van der Waals surface area (Å²) < 4.78 is 0. The van der Waals surface area contributed by atoms with Gasteiger partial charge in [0.25, 0.3) is 0 Å². The summed E-state index contributed by atoms with van der Waals surface area (Å²) in [4.78, 5) is 0. The molecule has 2 atom stereocenters. The van der Waals surface area contributed by atoms with E-state index in [-0.39, 0.29) is 5.75 Å². The SMILES string of the molecule is CC1(c2ccccc2O)NCCC1O. The molecule has 3 heteroatoms. The molecule has 0 radical (unpaired) electrons. The van der Waals surface area contributed by atoms with E-state index in [4.69, 9.17) is 0 Å². The smallest absolute Gasteiger partial charge is 0.120 e. The number of phenolic OH excluding ortho intramolecular Hbond substituents is 1. The molecule has 1 saturated heterocycles. The van der Waals surface area contributed by atoms with Crippen LogP contribution >= 0.6 is 0 Å². The lowest BCUT2D eigenvalue weighted by molar-refractivity contribution is 0.106. The summed E-state index contributed by atoms with van der Waals surface area (Å²) >= 11 is 0. The second-order valence-electron chi connectivity index (χ2n) is 3.95. The van der Waals surface area contributed by atoms with Crippen LogP contribution in [0.5, 0.6) is 5.75 Å². The van der Waals surface area contributed by atoms with Crippen LogP contribution in [0.3, 0.4) is 0 Å². The van der Waals surface area contributed by atoms with Crippen molar-refractivity contribution in [3.8, 4) is 5.75 Å². The van der Waals surface area contributed by atoms with Gasteiger partial charge in [0.1, 0.15) is 5.75 Å². The number of hydrogen-bond donors (Lipinski definition) is 3. The monoisotopic (exact) mass is 193 g/mol. The summed E-state index contributed by atoms with van der Waals surface area (Å²) in [7, 11) is 0. The van der Waals surface area contributed by atoms with E-state index in [1.807, 2.05) is 19.1 Å². The zero-order valence-corrected chi connectivity index (χ0v) is 8.20. The van der Waals surface area contributed by atoms with Crippen LogP contribution in [0.2, 0.25) is 0 Å². The Balaban J connectivity index is 2.43. The first kappa shape index (κ1) is 9.49. The van der Waals surface area contributed by atoms with E-state index in [1.165, 1.54) is 0 Å². The molecule has 1 fully saturated rings. The highest BCUT2D eigenvalue weighted by Gasteiger charge is 2.40. The van der Waals surface area contributed by atoms with E-state index in [2.05, 4.69) is 5.32 Å². The Bertz CT molecular complexity index is 340. The lowest BCUT2D eigenvalue weighted by Crippen LogP contribution is -2.41. The molecule has 1 aromatic carbocycles. The maximum absolute atomic E-state index is 9.85. The van der Waals surface area contributed by atoms with Crippen molar-refractivity contribution in [2.45, 2.75) is 25.0 Å². The Labute approximate surface area is 83.4 Å². The average molecular weight is 193 g/mol. The van der Waals surface area contributed by atoms with E-state index in [0.29, 0.717) is 0 Å². The van der Waals surface area contributed by atoms with E-state index >= 15 is 0 Å². The molecule has 3 N–H and O–H groups in total. The maximum Gasteiger partial charge on any atom is 0.120 e. The van der Waals surface area contributed by atoms with Crippen molar-refractivity contribution < 1.29 is 10.2 Å². The van der Waals surface area contributed by atoms with Crippen molar-refractivity contribution in [2.24, 2.45) is 0 Å². The number of aliphatic hydroxyl groups excluding tert-OH is 1. The zero-order chi connectivity index (χ0) is 10.2. The topological polar surface area (TPSA) is 52.5 Å². The quantitative estimate of drug-likeness (QED) is 0.622. The van der Waals surface area contributed by atoms with Gasteiger partial charge in [-0.3, -0.25) is 0 Å². The Kier molecular flexibility index (Phi) is 2.21. The van der Waals surface area contributed by atoms with Gasteiger partial charge in [0, 0.05) is 5.56 Å². The van der Waals surface area contributed by atoms with Gasteiger partial charge in [-0.1, -0.05) is 18.2 Å². The lowest BCUT2D eigenvalue weighted by atomic mass is 9.87. The molecule has 2 rings (SSSR count). The van der Waals surface area contributed by atoms with Crippen LogP contribution in [0.1, 0.15) is 18.9 Å². The Morgan fingerprint density at radius 1 is 1.43 bits per heavy atom. The number of hydrogen-bond acceptors (Lipinski definition) is 3. The molecule has 0 aliphatic carbocycles. The number of aromatic hydroxyl groups is 1. The minimum atomic E-state index is -0.509. The molecule has 0 spiro atoms. The zero-order valence-electron chi connectivity index (χ0n) is 8.20. The molecule has 76 valence electrons. The van der Waals surface area contributed by atoms with Crippen LogP contribution in [0.15, 0.2) is 24.3 Å². The highest BCUT2D eigenvalue weighted by molar-refractivity contribution is 5.39. The van der Waals surface area contributed by atoms with Crippen LogP contribution < -0.4 is 5.32 Å². The molecule has 1 heterocycles. The van der Waals surface area contributed by atoms with Gasteiger partial charge < -0.3 is 15.5 Å². The molecule has 1 aliphatic heterocycles. The first-order valence-electron chi connectivity index (χ1n) is 4.86. The summed E-state index contributed by atoms with van der Waals surface area (Å²) in [5, 5.41) is 22.8. The second-order valence-corrected chi connectivity index (χ2v) is 3.95. The molecule has 0 aromatic heterocycles. The predicted molar refractivity (Wildman–Crippen MR) is 54.1 cm³/mol. The van der Waals surface area contributed by atoms with Crippen molar-refractivity contribution in [1.82, 2.24) is 5.32 Å². The average Bonchev–Trinajstić information content (AvgIpc) is 2.49. The molecular weight excluding hydrogens is 178 g/mol. The summed E-state index contributed by atoms with van der Waals surface area (Å²) in [6, 6.07) is 7.14. The minimum Gasteiger partial charge on any atom is -0.508 e. The molecule has 1 aromatic rings. The molecule has 1 aliphatic rings. The molecule has 14 heavy (non-hydrogen) atoms. The van der Waals surface area contributed by atoms with Gasteiger partial charge in [-0.05, 0) is 26.0 Å². The van der Waals surface area contributed by atoms with Crippen LogP contribution in [0.25, 0.3) is 0 Å². The maximum atomic E-state index is 9.85. The fraction of sp³-hybridized carbons (Fsp3) is 0.455. The van der Waals surface area contributed by atoms with Gasteiger partial charge in [0.15, 0.2) is 0 Å². The fourth-order valence-corrected chi connectivity index (χ4v) is 2.06. The molecule has 0 saturated carbocycles. The van der Waals surface area contributed by atoms with E-state index in [9.17, 15) is 10.2 Å². The largest absolute Gasteiger partial charge is 0.508 e. The van der Waals surface area contributed by atoms with Crippen molar-refractivity contribution >= 4 is 0 Å². The van der Waals surface area contributed by atoms with Crippen molar-refractivity contribution in [2.75, 3.05) is 6.54 Å². The lowest BCUT2D eigenvalue weighted by Gasteiger charge is -2.29. The van der Waals surface area contributed by atoms with Crippen LogP contribution in [0.4, 0.5) is 0 Å². The number of aliphatic hydroxyl groups is 1. The first-order valence-corrected chi connectivity index (χ1v) is 4.86. The van der Waals surface area contributed by atoms with E-state index in [1.54, 1.807) is 12.1 Å². The summed E-state index contributed by atoms with van der Waals surface area (Å²) in [6.45, 7) is 2.70. The Morgan fingerprint density at radius 2 is 2.14 bits per heavy atom. The van der Waals surface area contributed by atoms with Crippen LogP contribution in [0, 0.1) is 0 Å². The summed E-state index contributed by atoms with van der Waals surface area (Å²) in [5.74, 6) is 0.239. The standard InChI is InChI=1S/C11H15NO2/c1-11(10(14)6-7-12-11)8-4-2-3-5-9(8)13/h2-5,10,12-14H,6-7H2,1H3. The molecule has 0 amide bonds. The van der Waals surface area contributed by atoms with Crippen molar-refractivity contribution in [1.29, 1.82) is 0 Å². The molecule has 0 bridgehead atoms. The Hall–Kier alpha value is -1.06. The third kappa shape index (κ3) is 1.29. The van der Waals surface area contributed by atoms with Gasteiger partial charge >= 0.3 is 0 Å². The van der Waals surface area contributed by atoms with Crippen molar-refractivity contribution in [3.63, 3.8) is 0 Å². The van der Waals surface area contributed by atoms with Crippen LogP contribution in [-0.4, -0.2) is 22.9 Å². The highest BCUT2D eigenvalue weighted by Crippen LogP contribution is 2.35. The number of nitrogens with one attached hydrogen (secondary N) is 1. The third-order valence-corrected chi connectivity index (χ3v) is 3.04. The molecular formula is C11H15NO2. The van der Waals surface area contributed by atoms with Gasteiger partial charge in [-0.2, -0.15) is 0 Å². The van der Waals surface area contributed by atoms with Crippen molar-refractivity contribution in [3.05, 3.63) is 29.8 Å². The van der Waals surface area contributed by atoms with E-state index in [0.717, 1.165) is 18.5 Å². The summed E-state index contributed by atoms with van der Waals surface area (Å²) in [5.41, 5.74) is 0.260. The molecule has 2 unspecified atom stereocenters. The minimum absolute atomic E-state index is 0.239. The third-order valence-electron chi connectivity index (χ3n) is 3.04. The second kappa shape index (κ2) is 3.26. The Morgan fingerprint density at radius 3 is 2.71 bits per heavy atom. The van der Waals surface area contributed by atoms with Gasteiger partial charge in [-0.25, -0.2) is 0 Å². The molecule has 3 nitrogen and oxygen atoms in total. The number of phenols is 1. The highest BCUT2D eigenvalue weighted by atomic mass is 16.3. The van der Waals surface area contributed by atoms with Gasteiger partial charge in [0.05, 0.1) is 11.6 Å². The number of rotatable bonds is 1. The number of para-hydroxylation sites is 1. The first-order chi connectivity index (χ1) is 6.64. The fourth-order valence-electron chi connectivity index (χ4n) is 2.06. The van der Waals surface area contributed by atoms with Crippen LogP contribution in [-0.2, 0) is 5.54 Å². The predicted octanol–water partition coefficient (Wildman–Crippen LogP) is 0.962. The van der Waals surface area contributed by atoms with Gasteiger partial charge in [-0.15, -0.1) is 0 Å². The van der Waals surface area contributed by atoms with Gasteiger partial charge in [0.2, 0.25) is 0 Å². The number of benzene rings is 1. The normalized spacial score (nSPS) is 32.0. The summed E-state index contributed by atoms with van der Waals surface area (Å²) in [6.07, 6.45) is 0.293.